The third kappa shape index (κ3) is 3.53. The lowest BCUT2D eigenvalue weighted by atomic mass is 10.0. The molecule has 92 valence electrons. The second-order valence-electron chi connectivity index (χ2n) is 4.72. The Balaban J connectivity index is 2.01. The van der Waals surface area contributed by atoms with Crippen LogP contribution in [-0.4, -0.2) is 22.3 Å². The highest BCUT2D eigenvalue weighted by atomic mass is 79.9. The molecule has 1 saturated heterocycles. The molecule has 1 fully saturated rings. The minimum atomic E-state index is 0.263. The zero-order chi connectivity index (χ0) is 12.3. The predicted molar refractivity (Wildman–Crippen MR) is 70.4 cm³/mol. The van der Waals surface area contributed by atoms with Crippen molar-refractivity contribution >= 4 is 21.8 Å². The highest BCUT2D eigenvalue weighted by Crippen LogP contribution is 2.19. The lowest BCUT2D eigenvalue weighted by Gasteiger charge is -2.20. The smallest absolute Gasteiger partial charge is 0.222 e. The quantitative estimate of drug-likeness (QED) is 0.841. The number of halogens is 1. The van der Waals surface area contributed by atoms with Crippen LogP contribution in [0.3, 0.4) is 0 Å². The van der Waals surface area contributed by atoms with Gasteiger partial charge in [-0.25, -0.2) is 0 Å². The van der Waals surface area contributed by atoms with Gasteiger partial charge >= 0.3 is 0 Å². The molecule has 3 nitrogen and oxygen atoms in total. The van der Waals surface area contributed by atoms with Crippen LogP contribution in [0.2, 0.25) is 0 Å². The minimum Gasteiger partial charge on any atom is -0.337 e. The predicted octanol–water partition coefficient (Wildman–Crippen LogP) is 2.99. The Labute approximate surface area is 110 Å². The van der Waals surface area contributed by atoms with Crippen molar-refractivity contribution < 1.29 is 4.79 Å². The number of nitrogens with zero attached hydrogens (tertiary/aromatic N) is 2. The molecule has 2 heterocycles. The molecule has 17 heavy (non-hydrogen) atoms. The van der Waals surface area contributed by atoms with Crippen LogP contribution in [0.4, 0.5) is 0 Å². The van der Waals surface area contributed by atoms with E-state index in [2.05, 4.69) is 27.8 Å². The van der Waals surface area contributed by atoms with Gasteiger partial charge in [0.1, 0.15) is 0 Å². The number of carbonyl (C=O) groups is 1. The molecule has 1 aromatic rings. The molecule has 4 heteroatoms. The lowest BCUT2D eigenvalue weighted by Crippen LogP contribution is -2.30. The van der Waals surface area contributed by atoms with E-state index in [4.69, 9.17) is 0 Å². The van der Waals surface area contributed by atoms with Crippen LogP contribution in [-0.2, 0) is 11.3 Å². The van der Waals surface area contributed by atoms with Crippen LogP contribution in [0.1, 0.15) is 31.9 Å². The summed E-state index contributed by atoms with van der Waals surface area (Å²) in [6, 6.07) is 3.93. The topological polar surface area (TPSA) is 33.2 Å². The summed E-state index contributed by atoms with van der Waals surface area (Å²) in [6.07, 6.45) is 4.57. The average molecular weight is 297 g/mol. The first kappa shape index (κ1) is 12.6. The monoisotopic (exact) mass is 296 g/mol. The summed E-state index contributed by atoms with van der Waals surface area (Å²) >= 11 is 3.36. The Morgan fingerprint density at radius 2 is 2.29 bits per heavy atom. The van der Waals surface area contributed by atoms with Gasteiger partial charge in [0.2, 0.25) is 5.91 Å². The fraction of sp³-hybridized carbons (Fsp3) is 0.538. The molecule has 0 bridgehead atoms. The fourth-order valence-corrected chi connectivity index (χ4v) is 2.27. The third-order valence-corrected chi connectivity index (χ3v) is 3.71. The summed E-state index contributed by atoms with van der Waals surface area (Å²) in [4.78, 5) is 18.2. The molecular weight excluding hydrogens is 280 g/mol. The first-order chi connectivity index (χ1) is 8.15. The van der Waals surface area contributed by atoms with Crippen LogP contribution in [0.5, 0.6) is 0 Å². The molecule has 0 aliphatic carbocycles. The van der Waals surface area contributed by atoms with Crippen LogP contribution < -0.4 is 0 Å². The van der Waals surface area contributed by atoms with Gasteiger partial charge in [0.05, 0.1) is 12.2 Å². The lowest BCUT2D eigenvalue weighted by molar-refractivity contribution is -0.131. The number of carbonyl (C=O) groups excluding carboxylic acids is 1. The zero-order valence-corrected chi connectivity index (χ0v) is 11.6. The maximum atomic E-state index is 11.9. The molecule has 1 amide bonds. The summed E-state index contributed by atoms with van der Waals surface area (Å²) in [5, 5.41) is 0. The van der Waals surface area contributed by atoms with E-state index in [-0.39, 0.29) is 5.91 Å². The van der Waals surface area contributed by atoms with Crippen LogP contribution in [0.15, 0.2) is 22.8 Å². The molecule has 1 aliphatic heterocycles. The van der Waals surface area contributed by atoms with Crippen molar-refractivity contribution in [3.63, 3.8) is 0 Å². The van der Waals surface area contributed by atoms with Crippen LogP contribution >= 0.6 is 15.9 Å². The van der Waals surface area contributed by atoms with Crippen molar-refractivity contribution in [3.05, 3.63) is 28.5 Å². The van der Waals surface area contributed by atoms with E-state index < -0.39 is 0 Å². The molecule has 2 rings (SSSR count). The summed E-state index contributed by atoms with van der Waals surface area (Å²) in [7, 11) is 0. The molecule has 0 saturated carbocycles. The minimum absolute atomic E-state index is 0.263. The highest BCUT2D eigenvalue weighted by Gasteiger charge is 2.20. The molecule has 0 spiro atoms. The molecule has 1 aliphatic rings. The van der Waals surface area contributed by atoms with E-state index in [1.165, 1.54) is 0 Å². The molecule has 0 aromatic carbocycles. The Hall–Kier alpha value is -0.900. The van der Waals surface area contributed by atoms with Gasteiger partial charge in [-0.1, -0.05) is 6.92 Å². The van der Waals surface area contributed by atoms with Crippen molar-refractivity contribution in [2.45, 2.75) is 32.7 Å². The first-order valence-corrected chi connectivity index (χ1v) is 6.82. The van der Waals surface area contributed by atoms with E-state index in [0.29, 0.717) is 18.9 Å². The Kier molecular flexibility index (Phi) is 4.15. The number of hydrogen-bond donors (Lipinski definition) is 0. The zero-order valence-electron chi connectivity index (χ0n) is 10.0. The van der Waals surface area contributed by atoms with E-state index in [0.717, 1.165) is 29.6 Å². The van der Waals surface area contributed by atoms with Gasteiger partial charge in [-0.15, -0.1) is 0 Å². The Bertz CT molecular complexity index is 391. The van der Waals surface area contributed by atoms with Gasteiger partial charge in [-0.2, -0.15) is 0 Å². The maximum Gasteiger partial charge on any atom is 0.222 e. The summed E-state index contributed by atoms with van der Waals surface area (Å²) in [5.74, 6) is 0.917. The van der Waals surface area contributed by atoms with Gasteiger partial charge in [0.25, 0.3) is 0 Å². The summed E-state index contributed by atoms with van der Waals surface area (Å²) in [5.41, 5.74) is 0.955. The van der Waals surface area contributed by atoms with E-state index in [1.807, 2.05) is 17.0 Å². The van der Waals surface area contributed by atoms with Gasteiger partial charge in [0.15, 0.2) is 0 Å². The number of hydrogen-bond acceptors (Lipinski definition) is 2. The van der Waals surface area contributed by atoms with E-state index in [1.54, 1.807) is 6.20 Å². The molecule has 0 N–H and O–H groups in total. The van der Waals surface area contributed by atoms with Gasteiger partial charge < -0.3 is 4.90 Å². The van der Waals surface area contributed by atoms with Crippen molar-refractivity contribution in [1.29, 1.82) is 0 Å². The maximum absolute atomic E-state index is 11.9. The number of amides is 1. The fourth-order valence-electron chi connectivity index (χ4n) is 2.04. The Morgan fingerprint density at radius 3 is 3.00 bits per heavy atom. The highest BCUT2D eigenvalue weighted by molar-refractivity contribution is 9.10. The number of likely N-dealkylation sites (tertiary alicyclic amines) is 1. The molecular formula is C13H17BrN2O. The second-order valence-corrected chi connectivity index (χ2v) is 5.63. The third-order valence-electron chi connectivity index (χ3n) is 3.24. The molecule has 1 aromatic heterocycles. The first-order valence-electron chi connectivity index (χ1n) is 6.03. The number of aromatic nitrogens is 1. The standard InChI is InChI=1S/C13H17BrN2O/c1-10-2-5-13(17)16(7-6-10)9-12-4-3-11(14)8-15-12/h3-4,8,10H,2,5-7,9H2,1H3. The molecule has 1 atom stereocenters. The second kappa shape index (κ2) is 5.63. The number of rotatable bonds is 2. The average Bonchev–Trinajstić information content (AvgIpc) is 2.47. The van der Waals surface area contributed by atoms with Crippen molar-refractivity contribution in [2.24, 2.45) is 5.92 Å². The van der Waals surface area contributed by atoms with Gasteiger partial charge in [-0.3, -0.25) is 9.78 Å². The Morgan fingerprint density at radius 1 is 1.47 bits per heavy atom. The van der Waals surface area contributed by atoms with E-state index in [9.17, 15) is 4.79 Å². The number of pyridine rings is 1. The normalized spacial score (nSPS) is 21.4. The van der Waals surface area contributed by atoms with Crippen molar-refractivity contribution in [3.8, 4) is 0 Å². The SMILES string of the molecule is CC1CCC(=O)N(Cc2ccc(Br)cn2)CC1. The summed E-state index contributed by atoms with van der Waals surface area (Å²) < 4.78 is 0.970. The van der Waals surface area contributed by atoms with E-state index >= 15 is 0 Å². The van der Waals surface area contributed by atoms with Crippen LogP contribution in [0, 0.1) is 5.92 Å². The van der Waals surface area contributed by atoms with Gasteiger partial charge in [-0.05, 0) is 46.8 Å². The largest absolute Gasteiger partial charge is 0.337 e. The molecule has 1 unspecified atom stereocenters. The van der Waals surface area contributed by atoms with Crippen molar-refractivity contribution in [2.75, 3.05) is 6.54 Å². The van der Waals surface area contributed by atoms with Gasteiger partial charge in [0, 0.05) is 23.6 Å². The molecule has 0 radical (unpaired) electrons. The van der Waals surface area contributed by atoms with Crippen LogP contribution in [0.25, 0.3) is 0 Å². The van der Waals surface area contributed by atoms with Crippen molar-refractivity contribution in [1.82, 2.24) is 9.88 Å². The summed E-state index contributed by atoms with van der Waals surface area (Å²) in [6.45, 7) is 3.71.